The highest BCUT2D eigenvalue weighted by Gasteiger charge is 2.48. The van der Waals surface area contributed by atoms with Crippen molar-refractivity contribution in [2.45, 2.75) is 69.2 Å². The van der Waals surface area contributed by atoms with E-state index in [4.69, 9.17) is 0 Å². The molecule has 2 heterocycles. The highest BCUT2D eigenvalue weighted by atomic mass is 16.2. The van der Waals surface area contributed by atoms with Gasteiger partial charge in [-0.25, -0.2) is 0 Å². The summed E-state index contributed by atoms with van der Waals surface area (Å²) in [6.07, 6.45) is 12.5. The Kier molecular flexibility index (Phi) is 5.47. The first-order chi connectivity index (χ1) is 14.8. The number of aryl methyl sites for hydroxylation is 1. The number of benzene rings is 2. The molecule has 0 spiro atoms. The first-order valence-corrected chi connectivity index (χ1v) is 11.7. The van der Waals surface area contributed by atoms with E-state index in [9.17, 15) is 4.79 Å². The van der Waals surface area contributed by atoms with Gasteiger partial charge in [-0.2, -0.15) is 0 Å². The van der Waals surface area contributed by atoms with E-state index in [1.165, 1.54) is 41.5 Å². The Bertz CT molecular complexity index is 949. The lowest BCUT2D eigenvalue weighted by Gasteiger charge is -2.33. The standard InChI is InChI=1S/C27H32N2O/c30-26-27(17-8-12-21-11-7-14-24(29-26)25(21)27)16-6-2-5-13-23-19-22(15-18-28-23)20-9-3-1-4-10-20/h1,3-4,7,9-11,14-15,23,28H,2,5-6,8,12-13,16-19H2,(H,29,30). The molecule has 2 N–H and O–H groups in total. The Labute approximate surface area is 180 Å². The number of unbranched alkanes of at least 4 members (excludes halogenated alkanes) is 2. The molecule has 3 aliphatic rings. The Morgan fingerprint density at radius 3 is 2.80 bits per heavy atom. The number of hydrogen-bond acceptors (Lipinski definition) is 2. The third-order valence-electron chi connectivity index (χ3n) is 7.38. The van der Waals surface area contributed by atoms with Crippen LogP contribution in [0.5, 0.6) is 0 Å². The Hall–Kier alpha value is -2.39. The molecule has 2 aromatic carbocycles. The SMILES string of the molecule is O=C1Nc2cccc3c2C1(CCCCCC1CC(c2ccccc2)=CCN1)CCC3. The van der Waals surface area contributed by atoms with E-state index in [-0.39, 0.29) is 11.3 Å². The van der Waals surface area contributed by atoms with Crippen molar-refractivity contribution >= 4 is 17.2 Å². The average Bonchev–Trinajstić information content (AvgIpc) is 3.08. The first kappa shape index (κ1) is 19.6. The van der Waals surface area contributed by atoms with Crippen LogP contribution in [0.1, 0.15) is 68.1 Å². The van der Waals surface area contributed by atoms with E-state index < -0.39 is 0 Å². The van der Waals surface area contributed by atoms with Crippen molar-refractivity contribution in [3.63, 3.8) is 0 Å². The van der Waals surface area contributed by atoms with Crippen LogP contribution in [0.2, 0.25) is 0 Å². The van der Waals surface area contributed by atoms with Gasteiger partial charge < -0.3 is 10.6 Å². The highest BCUT2D eigenvalue weighted by molar-refractivity contribution is 6.07. The lowest BCUT2D eigenvalue weighted by molar-refractivity contribution is -0.121. The zero-order chi connectivity index (χ0) is 20.4. The summed E-state index contributed by atoms with van der Waals surface area (Å²) in [5.41, 5.74) is 6.38. The van der Waals surface area contributed by atoms with Gasteiger partial charge in [-0.05, 0) is 66.9 Å². The molecule has 0 saturated carbocycles. The molecule has 0 radical (unpaired) electrons. The Morgan fingerprint density at radius 2 is 1.90 bits per heavy atom. The molecule has 3 heteroatoms. The molecule has 156 valence electrons. The first-order valence-electron chi connectivity index (χ1n) is 11.7. The molecule has 0 aromatic heterocycles. The number of rotatable bonds is 7. The lowest BCUT2D eigenvalue weighted by Crippen LogP contribution is -2.37. The molecule has 5 rings (SSSR count). The Morgan fingerprint density at radius 1 is 1.00 bits per heavy atom. The van der Waals surface area contributed by atoms with Gasteiger partial charge in [-0.15, -0.1) is 0 Å². The zero-order valence-corrected chi connectivity index (χ0v) is 17.8. The number of hydrogen-bond donors (Lipinski definition) is 2. The fraction of sp³-hybridized carbons (Fsp3) is 0.444. The zero-order valence-electron chi connectivity index (χ0n) is 17.8. The molecule has 0 fully saturated rings. The van der Waals surface area contributed by atoms with Crippen LogP contribution in [0.25, 0.3) is 5.57 Å². The van der Waals surface area contributed by atoms with Crippen molar-refractivity contribution in [2.24, 2.45) is 0 Å². The average molecular weight is 401 g/mol. The number of carbonyl (C=O) groups is 1. The van der Waals surface area contributed by atoms with E-state index >= 15 is 0 Å². The van der Waals surface area contributed by atoms with E-state index in [0.717, 1.165) is 50.8 Å². The molecule has 1 aliphatic carbocycles. The van der Waals surface area contributed by atoms with E-state index in [0.29, 0.717) is 6.04 Å². The maximum Gasteiger partial charge on any atom is 0.235 e. The van der Waals surface area contributed by atoms with Crippen LogP contribution in [0.15, 0.2) is 54.6 Å². The molecule has 2 atom stereocenters. The Balaban J connectivity index is 1.14. The molecular weight excluding hydrogens is 368 g/mol. The third-order valence-corrected chi connectivity index (χ3v) is 7.38. The van der Waals surface area contributed by atoms with Crippen molar-refractivity contribution in [1.82, 2.24) is 5.32 Å². The summed E-state index contributed by atoms with van der Waals surface area (Å²) >= 11 is 0. The van der Waals surface area contributed by atoms with Crippen LogP contribution in [-0.4, -0.2) is 18.5 Å². The molecule has 0 bridgehead atoms. The van der Waals surface area contributed by atoms with Gasteiger partial charge >= 0.3 is 0 Å². The van der Waals surface area contributed by atoms with Crippen molar-refractivity contribution in [2.75, 3.05) is 11.9 Å². The minimum Gasteiger partial charge on any atom is -0.325 e. The number of carbonyl (C=O) groups excluding carboxylic acids is 1. The van der Waals surface area contributed by atoms with Gasteiger partial charge in [0.05, 0.1) is 5.41 Å². The van der Waals surface area contributed by atoms with Crippen LogP contribution >= 0.6 is 0 Å². The predicted octanol–water partition coefficient (Wildman–Crippen LogP) is 5.61. The fourth-order valence-corrected chi connectivity index (χ4v) is 5.87. The van der Waals surface area contributed by atoms with Crippen molar-refractivity contribution < 1.29 is 4.79 Å². The number of anilines is 1. The molecule has 3 nitrogen and oxygen atoms in total. The van der Waals surface area contributed by atoms with Gasteiger partial charge in [-0.1, -0.05) is 67.8 Å². The topological polar surface area (TPSA) is 41.1 Å². The van der Waals surface area contributed by atoms with Gasteiger partial charge in [0.2, 0.25) is 5.91 Å². The van der Waals surface area contributed by atoms with E-state index in [2.05, 4.69) is 65.2 Å². The predicted molar refractivity (Wildman–Crippen MR) is 124 cm³/mol. The summed E-state index contributed by atoms with van der Waals surface area (Å²) in [6, 6.07) is 17.7. The highest BCUT2D eigenvalue weighted by Crippen LogP contribution is 2.49. The molecular formula is C27H32N2O. The summed E-state index contributed by atoms with van der Waals surface area (Å²) in [5, 5.41) is 6.84. The second-order valence-corrected chi connectivity index (χ2v) is 9.23. The van der Waals surface area contributed by atoms with E-state index in [1.54, 1.807) is 0 Å². The van der Waals surface area contributed by atoms with Crippen molar-refractivity contribution in [3.8, 4) is 0 Å². The number of nitrogens with one attached hydrogen (secondary N) is 2. The van der Waals surface area contributed by atoms with Gasteiger partial charge in [0.25, 0.3) is 0 Å². The smallest absolute Gasteiger partial charge is 0.235 e. The quantitative estimate of drug-likeness (QED) is 0.593. The van der Waals surface area contributed by atoms with Crippen LogP contribution < -0.4 is 10.6 Å². The van der Waals surface area contributed by atoms with Crippen molar-refractivity contribution in [3.05, 3.63) is 71.3 Å². The van der Waals surface area contributed by atoms with Crippen LogP contribution in [0.4, 0.5) is 5.69 Å². The summed E-state index contributed by atoms with van der Waals surface area (Å²) < 4.78 is 0. The molecule has 2 unspecified atom stereocenters. The third kappa shape index (κ3) is 3.60. The number of amides is 1. The maximum absolute atomic E-state index is 12.9. The summed E-state index contributed by atoms with van der Waals surface area (Å²) in [5.74, 6) is 0.247. The summed E-state index contributed by atoms with van der Waals surface area (Å²) in [6.45, 7) is 0.970. The van der Waals surface area contributed by atoms with Crippen LogP contribution in [0.3, 0.4) is 0 Å². The lowest BCUT2D eigenvalue weighted by atomic mass is 9.68. The molecule has 30 heavy (non-hydrogen) atoms. The van der Waals surface area contributed by atoms with Crippen molar-refractivity contribution in [1.29, 1.82) is 0 Å². The molecule has 2 aliphatic heterocycles. The van der Waals surface area contributed by atoms with Gasteiger partial charge in [0, 0.05) is 18.3 Å². The molecule has 2 aromatic rings. The minimum atomic E-state index is -0.253. The minimum absolute atomic E-state index is 0.247. The fourth-order valence-electron chi connectivity index (χ4n) is 5.87. The second kappa shape index (κ2) is 8.39. The van der Waals surface area contributed by atoms with Crippen LogP contribution in [0, 0.1) is 0 Å². The van der Waals surface area contributed by atoms with Gasteiger partial charge in [0.1, 0.15) is 0 Å². The maximum atomic E-state index is 12.9. The molecule has 0 saturated heterocycles. The van der Waals surface area contributed by atoms with Gasteiger partial charge in [0.15, 0.2) is 0 Å². The summed E-state index contributed by atoms with van der Waals surface area (Å²) in [4.78, 5) is 12.9. The largest absolute Gasteiger partial charge is 0.325 e. The monoisotopic (exact) mass is 400 g/mol. The van der Waals surface area contributed by atoms with Crippen LogP contribution in [-0.2, 0) is 16.6 Å². The summed E-state index contributed by atoms with van der Waals surface area (Å²) in [7, 11) is 0. The molecule has 1 amide bonds. The normalized spacial score (nSPS) is 24.9. The van der Waals surface area contributed by atoms with Gasteiger partial charge in [-0.3, -0.25) is 4.79 Å². The van der Waals surface area contributed by atoms with E-state index in [1.807, 2.05) is 0 Å². The second-order valence-electron chi connectivity index (χ2n) is 9.23.